The lowest BCUT2D eigenvalue weighted by atomic mass is 10.2. The van der Waals surface area contributed by atoms with E-state index in [1.165, 1.54) is 16.9 Å². The number of benzene rings is 2. The number of rotatable bonds is 5. The van der Waals surface area contributed by atoms with E-state index in [4.69, 9.17) is 10.5 Å². The van der Waals surface area contributed by atoms with Crippen molar-refractivity contribution in [3.63, 3.8) is 0 Å². The maximum Gasteiger partial charge on any atom is 0.262 e. The molecule has 2 aromatic carbocycles. The summed E-state index contributed by atoms with van der Waals surface area (Å²) in [6.45, 7) is 4.01. The van der Waals surface area contributed by atoms with Crippen LogP contribution in [0.3, 0.4) is 0 Å². The molecule has 0 saturated carbocycles. The molecular formula is C18H19N3O2S. The number of nitrogens with one attached hydrogen (secondary N) is 1. The molecular weight excluding hydrogens is 322 g/mol. The van der Waals surface area contributed by atoms with Crippen LogP contribution in [0.1, 0.15) is 18.1 Å². The van der Waals surface area contributed by atoms with Crippen molar-refractivity contribution >= 4 is 38.3 Å². The summed E-state index contributed by atoms with van der Waals surface area (Å²) >= 11 is 1.41. The molecule has 24 heavy (non-hydrogen) atoms. The summed E-state index contributed by atoms with van der Waals surface area (Å²) in [5, 5.41) is 3.37. The Labute approximate surface area is 144 Å². The minimum absolute atomic E-state index is 0.0343. The number of ether oxygens (including phenoxy) is 1. The van der Waals surface area contributed by atoms with E-state index in [1.54, 1.807) is 0 Å². The number of nitrogens with zero attached hydrogens (tertiary/aromatic N) is 1. The van der Waals surface area contributed by atoms with E-state index in [-0.39, 0.29) is 12.5 Å². The Hall–Kier alpha value is -2.60. The number of nitrogen functional groups attached to an aromatic ring is 1. The molecule has 0 spiro atoms. The summed E-state index contributed by atoms with van der Waals surface area (Å²) in [6.07, 6.45) is 0.977. The second-order valence-corrected chi connectivity index (χ2v) is 6.59. The van der Waals surface area contributed by atoms with Crippen molar-refractivity contribution in [1.29, 1.82) is 0 Å². The van der Waals surface area contributed by atoms with E-state index in [1.807, 2.05) is 43.3 Å². The first-order valence-electron chi connectivity index (χ1n) is 7.73. The van der Waals surface area contributed by atoms with Crippen molar-refractivity contribution in [2.45, 2.75) is 20.3 Å². The Kier molecular flexibility index (Phi) is 4.66. The third-order valence-corrected chi connectivity index (χ3v) is 4.52. The first-order chi connectivity index (χ1) is 11.5. The highest BCUT2D eigenvalue weighted by molar-refractivity contribution is 7.22. The molecule has 5 nitrogen and oxygen atoms in total. The fourth-order valence-electron chi connectivity index (χ4n) is 2.45. The summed E-state index contributed by atoms with van der Waals surface area (Å²) in [6, 6.07) is 11.5. The van der Waals surface area contributed by atoms with Crippen molar-refractivity contribution in [2.24, 2.45) is 0 Å². The number of hydrogen-bond acceptors (Lipinski definition) is 5. The zero-order valence-corrected chi connectivity index (χ0v) is 14.4. The molecule has 1 amide bonds. The van der Waals surface area contributed by atoms with E-state index in [2.05, 4.69) is 17.2 Å². The maximum atomic E-state index is 12.1. The molecule has 3 aromatic rings. The zero-order valence-electron chi connectivity index (χ0n) is 13.6. The molecule has 6 heteroatoms. The van der Waals surface area contributed by atoms with Gasteiger partial charge in [0.25, 0.3) is 5.91 Å². The van der Waals surface area contributed by atoms with Gasteiger partial charge in [-0.05, 0) is 48.7 Å². The number of hydrogen-bond donors (Lipinski definition) is 2. The van der Waals surface area contributed by atoms with E-state index < -0.39 is 0 Å². The number of nitrogens with two attached hydrogens (primary N) is 1. The molecule has 1 heterocycles. The number of anilines is 2. The van der Waals surface area contributed by atoms with E-state index >= 15 is 0 Å². The fourth-order valence-corrected chi connectivity index (χ4v) is 3.30. The summed E-state index contributed by atoms with van der Waals surface area (Å²) in [5.41, 5.74) is 9.56. The van der Waals surface area contributed by atoms with Crippen LogP contribution in [0.4, 0.5) is 10.8 Å². The number of carbonyl (C=O) groups is 1. The molecule has 1 aromatic heterocycles. The largest absolute Gasteiger partial charge is 0.484 e. The minimum Gasteiger partial charge on any atom is -0.484 e. The minimum atomic E-state index is -0.203. The zero-order chi connectivity index (χ0) is 17.1. The van der Waals surface area contributed by atoms with Gasteiger partial charge in [-0.15, -0.1) is 0 Å². The topological polar surface area (TPSA) is 77.2 Å². The van der Waals surface area contributed by atoms with Crippen molar-refractivity contribution in [1.82, 2.24) is 4.98 Å². The third kappa shape index (κ3) is 3.65. The van der Waals surface area contributed by atoms with Crippen LogP contribution in [0.25, 0.3) is 10.2 Å². The second-order valence-electron chi connectivity index (χ2n) is 5.53. The van der Waals surface area contributed by atoms with Gasteiger partial charge in [0.2, 0.25) is 0 Å². The highest BCUT2D eigenvalue weighted by atomic mass is 32.1. The first kappa shape index (κ1) is 16.3. The average Bonchev–Trinajstić information content (AvgIpc) is 2.94. The number of thiazole rings is 1. The van der Waals surface area contributed by atoms with Gasteiger partial charge in [-0.3, -0.25) is 4.79 Å². The Morgan fingerprint density at radius 2 is 2.04 bits per heavy atom. The van der Waals surface area contributed by atoms with Gasteiger partial charge in [-0.25, -0.2) is 4.98 Å². The number of amides is 1. The lowest BCUT2D eigenvalue weighted by Crippen LogP contribution is -2.20. The molecule has 0 radical (unpaired) electrons. The monoisotopic (exact) mass is 341 g/mol. The molecule has 3 rings (SSSR count). The van der Waals surface area contributed by atoms with Crippen LogP contribution in [0, 0.1) is 6.92 Å². The van der Waals surface area contributed by atoms with Gasteiger partial charge in [0.1, 0.15) is 5.75 Å². The number of carbonyl (C=O) groups excluding carboxylic acids is 1. The SMILES string of the molecule is CCc1ccc(OCC(=O)Nc2cc(C)c3nc(N)sc3c2)cc1. The Morgan fingerprint density at radius 1 is 1.29 bits per heavy atom. The van der Waals surface area contributed by atoms with Crippen LogP contribution in [-0.2, 0) is 11.2 Å². The molecule has 0 aliphatic heterocycles. The van der Waals surface area contributed by atoms with E-state index in [0.29, 0.717) is 10.9 Å². The molecule has 0 fully saturated rings. The molecule has 3 N–H and O–H groups in total. The Balaban J connectivity index is 1.63. The number of fused-ring (bicyclic) bond motifs is 1. The van der Waals surface area contributed by atoms with Crippen molar-refractivity contribution in [3.8, 4) is 5.75 Å². The fraction of sp³-hybridized carbons (Fsp3) is 0.222. The van der Waals surface area contributed by atoms with Gasteiger partial charge < -0.3 is 15.8 Å². The van der Waals surface area contributed by atoms with Crippen LogP contribution in [0.5, 0.6) is 5.75 Å². The Morgan fingerprint density at radius 3 is 2.75 bits per heavy atom. The number of aryl methyl sites for hydroxylation is 2. The van der Waals surface area contributed by atoms with Crippen LogP contribution >= 0.6 is 11.3 Å². The average molecular weight is 341 g/mol. The first-order valence-corrected chi connectivity index (χ1v) is 8.55. The summed E-state index contributed by atoms with van der Waals surface area (Å²) < 4.78 is 6.48. The lowest BCUT2D eigenvalue weighted by Gasteiger charge is -2.09. The normalized spacial score (nSPS) is 10.8. The molecule has 0 saturated heterocycles. The molecule has 0 unspecified atom stereocenters. The van der Waals surface area contributed by atoms with Crippen molar-refractivity contribution in [3.05, 3.63) is 47.5 Å². The van der Waals surface area contributed by atoms with Crippen LogP contribution < -0.4 is 15.8 Å². The number of aromatic nitrogens is 1. The van der Waals surface area contributed by atoms with Gasteiger partial charge in [0, 0.05) is 5.69 Å². The van der Waals surface area contributed by atoms with E-state index in [0.717, 1.165) is 27.9 Å². The van der Waals surface area contributed by atoms with Crippen LogP contribution in [0.15, 0.2) is 36.4 Å². The summed E-state index contributed by atoms with van der Waals surface area (Å²) in [7, 11) is 0. The molecule has 0 aliphatic carbocycles. The standard InChI is InChI=1S/C18H19N3O2S/c1-3-12-4-6-14(7-5-12)23-10-16(22)20-13-8-11(2)17-15(9-13)24-18(19)21-17/h4-9H,3,10H2,1-2H3,(H2,19,21)(H,20,22). The van der Waals surface area contributed by atoms with Gasteiger partial charge in [-0.1, -0.05) is 30.4 Å². The lowest BCUT2D eigenvalue weighted by molar-refractivity contribution is -0.118. The van der Waals surface area contributed by atoms with Crippen molar-refractivity contribution < 1.29 is 9.53 Å². The molecule has 0 aliphatic rings. The van der Waals surface area contributed by atoms with Crippen molar-refractivity contribution in [2.75, 3.05) is 17.7 Å². The molecule has 0 atom stereocenters. The predicted octanol–water partition coefficient (Wildman–Crippen LogP) is 3.77. The van der Waals surface area contributed by atoms with Crippen LogP contribution in [0.2, 0.25) is 0 Å². The Bertz CT molecular complexity index is 872. The van der Waals surface area contributed by atoms with Gasteiger partial charge in [0.05, 0.1) is 10.2 Å². The molecule has 124 valence electrons. The highest BCUT2D eigenvalue weighted by Gasteiger charge is 2.09. The maximum absolute atomic E-state index is 12.1. The van der Waals surface area contributed by atoms with Gasteiger partial charge in [0.15, 0.2) is 11.7 Å². The molecule has 0 bridgehead atoms. The van der Waals surface area contributed by atoms with Gasteiger partial charge >= 0.3 is 0 Å². The smallest absolute Gasteiger partial charge is 0.262 e. The van der Waals surface area contributed by atoms with Crippen LogP contribution in [-0.4, -0.2) is 17.5 Å². The summed E-state index contributed by atoms with van der Waals surface area (Å²) in [4.78, 5) is 16.4. The third-order valence-electron chi connectivity index (χ3n) is 3.69. The highest BCUT2D eigenvalue weighted by Crippen LogP contribution is 2.29. The predicted molar refractivity (Wildman–Crippen MR) is 98.7 cm³/mol. The van der Waals surface area contributed by atoms with E-state index in [9.17, 15) is 4.79 Å². The van der Waals surface area contributed by atoms with Gasteiger partial charge in [-0.2, -0.15) is 0 Å². The second kappa shape index (κ2) is 6.88. The quantitative estimate of drug-likeness (QED) is 0.740. The summed E-state index contributed by atoms with van der Waals surface area (Å²) in [5.74, 6) is 0.481.